The lowest BCUT2D eigenvalue weighted by Crippen LogP contribution is -2.21. The highest BCUT2D eigenvalue weighted by Gasteiger charge is 2.10. The Balaban J connectivity index is 1.73. The summed E-state index contributed by atoms with van der Waals surface area (Å²) in [5, 5.41) is 3.72. The standard InChI is InChI=1S/C16H13FN2OS/c17-12-4-3-11-7-15(21-14(11)8-12)16(20)19-9-10-1-5-13(18)6-2-10/h1-8H,9,18H2,(H,19,20). The molecular weight excluding hydrogens is 287 g/mol. The smallest absolute Gasteiger partial charge is 0.261 e. The van der Waals surface area contributed by atoms with Crippen LogP contribution in [-0.2, 0) is 6.54 Å². The van der Waals surface area contributed by atoms with E-state index in [1.165, 1.54) is 23.5 Å². The normalized spacial score (nSPS) is 10.7. The van der Waals surface area contributed by atoms with E-state index in [1.807, 2.05) is 12.1 Å². The van der Waals surface area contributed by atoms with E-state index in [2.05, 4.69) is 5.32 Å². The lowest BCUT2D eigenvalue weighted by Gasteiger charge is -2.04. The molecule has 0 aliphatic heterocycles. The SMILES string of the molecule is Nc1ccc(CNC(=O)c2cc3ccc(F)cc3s2)cc1. The average Bonchev–Trinajstić information content (AvgIpc) is 2.89. The van der Waals surface area contributed by atoms with Crippen LogP contribution < -0.4 is 11.1 Å². The van der Waals surface area contributed by atoms with Gasteiger partial charge in [0.15, 0.2) is 0 Å². The summed E-state index contributed by atoms with van der Waals surface area (Å²) in [5.41, 5.74) is 7.28. The van der Waals surface area contributed by atoms with Crippen LogP contribution in [0.4, 0.5) is 10.1 Å². The molecule has 0 spiro atoms. The summed E-state index contributed by atoms with van der Waals surface area (Å²) in [6.45, 7) is 0.432. The maximum atomic E-state index is 13.1. The van der Waals surface area contributed by atoms with Gasteiger partial charge in [0.25, 0.3) is 5.91 Å². The number of hydrogen-bond acceptors (Lipinski definition) is 3. The first-order valence-corrected chi connectivity index (χ1v) is 7.25. The summed E-state index contributed by atoms with van der Waals surface area (Å²) in [6.07, 6.45) is 0. The highest BCUT2D eigenvalue weighted by atomic mass is 32.1. The van der Waals surface area contributed by atoms with E-state index in [4.69, 9.17) is 5.73 Å². The molecule has 21 heavy (non-hydrogen) atoms. The predicted molar refractivity (Wildman–Crippen MR) is 83.8 cm³/mol. The van der Waals surface area contributed by atoms with Crippen LogP contribution in [0.15, 0.2) is 48.5 Å². The van der Waals surface area contributed by atoms with Crippen molar-refractivity contribution in [1.82, 2.24) is 5.32 Å². The Labute approximate surface area is 125 Å². The molecule has 0 bridgehead atoms. The Kier molecular flexibility index (Phi) is 3.58. The van der Waals surface area contributed by atoms with Crippen LogP contribution >= 0.6 is 11.3 Å². The van der Waals surface area contributed by atoms with Gasteiger partial charge in [-0.05, 0) is 41.3 Å². The van der Waals surface area contributed by atoms with E-state index in [0.29, 0.717) is 17.1 Å². The quantitative estimate of drug-likeness (QED) is 0.727. The van der Waals surface area contributed by atoms with E-state index in [9.17, 15) is 9.18 Å². The van der Waals surface area contributed by atoms with Crippen molar-refractivity contribution in [2.45, 2.75) is 6.54 Å². The molecule has 3 nitrogen and oxygen atoms in total. The number of hydrogen-bond donors (Lipinski definition) is 2. The van der Waals surface area contributed by atoms with Gasteiger partial charge in [0.05, 0.1) is 4.88 Å². The molecule has 3 rings (SSSR count). The third-order valence-corrected chi connectivity index (χ3v) is 4.24. The number of anilines is 1. The Morgan fingerprint density at radius 3 is 2.67 bits per heavy atom. The lowest BCUT2D eigenvalue weighted by atomic mass is 10.2. The van der Waals surface area contributed by atoms with Gasteiger partial charge in [0, 0.05) is 16.9 Å². The van der Waals surface area contributed by atoms with Gasteiger partial charge in [-0.3, -0.25) is 4.79 Å². The van der Waals surface area contributed by atoms with Crippen LogP contribution in [0.2, 0.25) is 0 Å². The molecule has 0 aliphatic rings. The van der Waals surface area contributed by atoms with Crippen molar-refractivity contribution < 1.29 is 9.18 Å². The van der Waals surface area contributed by atoms with Gasteiger partial charge in [-0.2, -0.15) is 0 Å². The minimum absolute atomic E-state index is 0.159. The Bertz CT molecular complexity index is 796. The molecule has 1 amide bonds. The summed E-state index contributed by atoms with van der Waals surface area (Å²) in [4.78, 5) is 12.7. The number of nitrogens with two attached hydrogens (primary N) is 1. The minimum Gasteiger partial charge on any atom is -0.399 e. The average molecular weight is 300 g/mol. The fourth-order valence-corrected chi connectivity index (χ4v) is 3.03. The van der Waals surface area contributed by atoms with Gasteiger partial charge < -0.3 is 11.1 Å². The topological polar surface area (TPSA) is 55.1 Å². The largest absolute Gasteiger partial charge is 0.399 e. The summed E-state index contributed by atoms with van der Waals surface area (Å²) < 4.78 is 13.9. The first-order chi connectivity index (χ1) is 10.1. The van der Waals surface area contributed by atoms with Gasteiger partial charge in [-0.1, -0.05) is 18.2 Å². The molecule has 0 fully saturated rings. The summed E-state index contributed by atoms with van der Waals surface area (Å²) in [5.74, 6) is -0.452. The molecule has 5 heteroatoms. The fraction of sp³-hybridized carbons (Fsp3) is 0.0625. The van der Waals surface area contributed by atoms with Crippen LogP contribution in [-0.4, -0.2) is 5.91 Å². The number of nitrogens with one attached hydrogen (secondary N) is 1. The summed E-state index contributed by atoms with van der Waals surface area (Å²) in [6, 6.07) is 13.6. The van der Waals surface area contributed by atoms with Crippen LogP contribution in [0.1, 0.15) is 15.2 Å². The predicted octanol–water partition coefficient (Wildman–Crippen LogP) is 3.55. The van der Waals surface area contributed by atoms with Gasteiger partial charge in [-0.15, -0.1) is 11.3 Å². The summed E-state index contributed by atoms with van der Waals surface area (Å²) >= 11 is 1.29. The van der Waals surface area contributed by atoms with Crippen molar-refractivity contribution in [2.75, 3.05) is 5.73 Å². The molecule has 3 N–H and O–H groups in total. The van der Waals surface area contributed by atoms with E-state index >= 15 is 0 Å². The van der Waals surface area contributed by atoms with Crippen LogP contribution in [0.3, 0.4) is 0 Å². The van der Waals surface area contributed by atoms with Gasteiger partial charge in [-0.25, -0.2) is 4.39 Å². The number of thiophene rings is 1. The third kappa shape index (κ3) is 3.03. The third-order valence-electron chi connectivity index (χ3n) is 3.14. The van der Waals surface area contributed by atoms with Crippen molar-refractivity contribution in [3.05, 3.63) is 64.8 Å². The minimum atomic E-state index is -0.293. The molecule has 3 aromatic rings. The highest BCUT2D eigenvalue weighted by molar-refractivity contribution is 7.20. The molecule has 0 radical (unpaired) electrons. The Morgan fingerprint density at radius 2 is 1.90 bits per heavy atom. The number of carbonyl (C=O) groups excluding carboxylic acids is 1. The van der Waals surface area contributed by atoms with Gasteiger partial charge in [0.2, 0.25) is 0 Å². The Hall–Kier alpha value is -2.40. The molecule has 0 aliphatic carbocycles. The number of fused-ring (bicyclic) bond motifs is 1. The van der Waals surface area contributed by atoms with Gasteiger partial charge >= 0.3 is 0 Å². The zero-order valence-electron chi connectivity index (χ0n) is 11.1. The van der Waals surface area contributed by atoms with Gasteiger partial charge in [0.1, 0.15) is 5.82 Å². The number of amides is 1. The second kappa shape index (κ2) is 5.54. The van der Waals surface area contributed by atoms with Crippen LogP contribution in [0.5, 0.6) is 0 Å². The Morgan fingerprint density at radius 1 is 1.14 bits per heavy atom. The maximum Gasteiger partial charge on any atom is 0.261 e. The van der Waals surface area contributed by atoms with Crippen molar-refractivity contribution >= 4 is 33.0 Å². The second-order valence-corrected chi connectivity index (χ2v) is 5.80. The lowest BCUT2D eigenvalue weighted by molar-refractivity contribution is 0.0955. The molecule has 0 atom stereocenters. The highest BCUT2D eigenvalue weighted by Crippen LogP contribution is 2.26. The monoisotopic (exact) mass is 300 g/mol. The van der Waals surface area contributed by atoms with Crippen LogP contribution in [0.25, 0.3) is 10.1 Å². The number of benzene rings is 2. The number of carbonyl (C=O) groups is 1. The van der Waals surface area contributed by atoms with Crippen molar-refractivity contribution in [3.63, 3.8) is 0 Å². The first-order valence-electron chi connectivity index (χ1n) is 6.43. The van der Waals surface area contributed by atoms with E-state index < -0.39 is 0 Å². The second-order valence-electron chi connectivity index (χ2n) is 4.72. The molecular formula is C16H13FN2OS. The molecule has 0 saturated carbocycles. The van der Waals surface area contributed by atoms with Crippen molar-refractivity contribution in [2.24, 2.45) is 0 Å². The molecule has 0 unspecified atom stereocenters. The molecule has 2 aromatic carbocycles. The van der Waals surface area contributed by atoms with E-state index in [1.54, 1.807) is 24.3 Å². The molecule has 1 aromatic heterocycles. The van der Waals surface area contributed by atoms with E-state index in [-0.39, 0.29) is 11.7 Å². The molecule has 1 heterocycles. The van der Waals surface area contributed by atoms with E-state index in [0.717, 1.165) is 15.6 Å². The van der Waals surface area contributed by atoms with Crippen LogP contribution in [0, 0.1) is 5.82 Å². The maximum absolute atomic E-state index is 13.1. The fourth-order valence-electron chi connectivity index (χ4n) is 2.02. The number of rotatable bonds is 3. The zero-order valence-corrected chi connectivity index (χ0v) is 11.9. The molecule has 0 saturated heterocycles. The summed E-state index contributed by atoms with van der Waals surface area (Å²) in [7, 11) is 0. The van der Waals surface area contributed by atoms with Crippen molar-refractivity contribution in [3.8, 4) is 0 Å². The zero-order chi connectivity index (χ0) is 14.8. The van der Waals surface area contributed by atoms with Crippen molar-refractivity contribution in [1.29, 1.82) is 0 Å². The first kappa shape index (κ1) is 13.6. The number of nitrogen functional groups attached to an aromatic ring is 1. The molecule has 106 valence electrons. The number of halogens is 1.